The number of hydrogen-bond donors (Lipinski definition) is 1. The Kier molecular flexibility index (Phi) is 4.75. The van der Waals surface area contributed by atoms with Crippen molar-refractivity contribution >= 4 is 11.6 Å². The topological polar surface area (TPSA) is 62.3 Å². The predicted octanol–water partition coefficient (Wildman–Crippen LogP) is 2.99. The maximum absolute atomic E-state index is 6.21. The Labute approximate surface area is 129 Å². The lowest BCUT2D eigenvalue weighted by Crippen LogP contribution is -2.07. The van der Waals surface area contributed by atoms with Gasteiger partial charge < -0.3 is 15.2 Å². The molecule has 0 saturated carbocycles. The number of halogens is 1. The number of aryl methyl sites for hydroxylation is 2. The van der Waals surface area contributed by atoms with Gasteiger partial charge in [-0.15, -0.1) is 0 Å². The first-order valence-electron chi connectivity index (χ1n) is 6.68. The van der Waals surface area contributed by atoms with Crippen LogP contribution in [0.3, 0.4) is 0 Å². The summed E-state index contributed by atoms with van der Waals surface area (Å²) < 4.78 is 12.9. The van der Waals surface area contributed by atoms with E-state index in [0.29, 0.717) is 23.1 Å². The number of aromatic nitrogens is 2. The molecule has 0 bridgehead atoms. The van der Waals surface area contributed by atoms with Crippen molar-refractivity contribution in [2.75, 3.05) is 7.11 Å². The Bertz CT molecular complexity index is 638. The Morgan fingerprint density at radius 1 is 1.38 bits per heavy atom. The second-order valence-electron chi connectivity index (χ2n) is 4.96. The van der Waals surface area contributed by atoms with Gasteiger partial charge in [0.25, 0.3) is 0 Å². The van der Waals surface area contributed by atoms with Crippen molar-refractivity contribution in [2.45, 2.75) is 26.5 Å². The fraction of sp³-hybridized carbons (Fsp3) is 0.400. The van der Waals surface area contributed by atoms with Gasteiger partial charge in [0.15, 0.2) is 11.5 Å². The molecule has 1 aromatic heterocycles. The number of nitrogens with zero attached hydrogens (tertiary/aromatic N) is 2. The van der Waals surface area contributed by atoms with Crippen LogP contribution in [0.4, 0.5) is 0 Å². The maximum atomic E-state index is 6.21. The third-order valence-corrected chi connectivity index (χ3v) is 3.83. The molecule has 2 rings (SSSR count). The Hall–Kier alpha value is -1.72. The lowest BCUT2D eigenvalue weighted by molar-refractivity contribution is 0.275. The normalized spacial score (nSPS) is 12.3. The second kappa shape index (κ2) is 6.37. The van der Waals surface area contributed by atoms with E-state index < -0.39 is 0 Å². The highest BCUT2D eigenvalue weighted by Gasteiger charge is 2.13. The third-order valence-electron chi connectivity index (χ3n) is 3.34. The summed E-state index contributed by atoms with van der Waals surface area (Å²) in [4.78, 5) is 0. The molecular formula is C15H20ClN3O2. The number of rotatable bonds is 5. The molecule has 114 valence electrons. The van der Waals surface area contributed by atoms with E-state index in [2.05, 4.69) is 5.10 Å². The smallest absolute Gasteiger partial charge is 0.161 e. The van der Waals surface area contributed by atoms with Crippen LogP contribution in [-0.2, 0) is 13.7 Å². The van der Waals surface area contributed by atoms with Crippen LogP contribution in [0.1, 0.15) is 29.9 Å². The van der Waals surface area contributed by atoms with Crippen LogP contribution in [0.5, 0.6) is 11.5 Å². The van der Waals surface area contributed by atoms with Gasteiger partial charge in [-0.25, -0.2) is 0 Å². The largest absolute Gasteiger partial charge is 0.493 e. The summed E-state index contributed by atoms with van der Waals surface area (Å²) in [5.41, 5.74) is 8.48. The average Bonchev–Trinajstić information content (AvgIpc) is 2.70. The van der Waals surface area contributed by atoms with E-state index in [1.807, 2.05) is 39.1 Å². The summed E-state index contributed by atoms with van der Waals surface area (Å²) in [6.45, 7) is 4.11. The summed E-state index contributed by atoms with van der Waals surface area (Å²) in [5.74, 6) is 1.30. The summed E-state index contributed by atoms with van der Waals surface area (Å²) in [7, 11) is 3.45. The van der Waals surface area contributed by atoms with Crippen LogP contribution in [-0.4, -0.2) is 16.9 Å². The van der Waals surface area contributed by atoms with E-state index in [-0.39, 0.29) is 6.04 Å². The van der Waals surface area contributed by atoms with E-state index in [1.54, 1.807) is 11.8 Å². The molecule has 2 N–H and O–H groups in total. The van der Waals surface area contributed by atoms with Gasteiger partial charge in [-0.3, -0.25) is 4.68 Å². The van der Waals surface area contributed by atoms with Crippen LogP contribution >= 0.6 is 11.6 Å². The summed E-state index contributed by atoms with van der Waals surface area (Å²) in [6.07, 6.45) is 0. The maximum Gasteiger partial charge on any atom is 0.161 e. The van der Waals surface area contributed by atoms with Crippen LogP contribution in [0.15, 0.2) is 18.2 Å². The van der Waals surface area contributed by atoms with Gasteiger partial charge in [0.2, 0.25) is 0 Å². The van der Waals surface area contributed by atoms with Gasteiger partial charge in [0, 0.05) is 13.1 Å². The molecule has 0 spiro atoms. The molecule has 0 radical (unpaired) electrons. The Morgan fingerprint density at radius 3 is 2.62 bits per heavy atom. The summed E-state index contributed by atoms with van der Waals surface area (Å²) in [5, 5.41) is 4.89. The van der Waals surface area contributed by atoms with Crippen molar-refractivity contribution in [1.82, 2.24) is 9.78 Å². The SMILES string of the molecule is COc1cc(C(C)N)ccc1OCc1c(Cl)c(C)nn1C. The number of nitrogens with two attached hydrogens (primary N) is 1. The van der Waals surface area contributed by atoms with Crippen molar-refractivity contribution < 1.29 is 9.47 Å². The molecule has 0 aliphatic heterocycles. The number of ether oxygens (including phenoxy) is 2. The lowest BCUT2D eigenvalue weighted by Gasteiger charge is -2.14. The number of methoxy groups -OCH3 is 1. The number of benzene rings is 1. The minimum Gasteiger partial charge on any atom is -0.493 e. The molecule has 6 heteroatoms. The van der Waals surface area contributed by atoms with Crippen molar-refractivity contribution in [3.05, 3.63) is 40.2 Å². The fourth-order valence-electron chi connectivity index (χ4n) is 2.07. The zero-order chi connectivity index (χ0) is 15.6. The van der Waals surface area contributed by atoms with Gasteiger partial charge in [0.05, 0.1) is 23.5 Å². The fourth-order valence-corrected chi connectivity index (χ4v) is 2.28. The molecule has 1 atom stereocenters. The number of hydrogen-bond acceptors (Lipinski definition) is 4. The predicted molar refractivity (Wildman–Crippen MR) is 82.9 cm³/mol. The van der Waals surface area contributed by atoms with Crippen molar-refractivity contribution in [1.29, 1.82) is 0 Å². The first kappa shape index (κ1) is 15.7. The first-order chi connectivity index (χ1) is 9.93. The lowest BCUT2D eigenvalue weighted by atomic mass is 10.1. The molecule has 5 nitrogen and oxygen atoms in total. The zero-order valence-corrected chi connectivity index (χ0v) is 13.4. The standard InChI is InChI=1S/C15H20ClN3O2/c1-9(17)11-5-6-13(14(7-11)20-4)21-8-12-15(16)10(2)18-19(12)3/h5-7,9H,8,17H2,1-4H3. The van der Waals surface area contributed by atoms with E-state index in [1.165, 1.54) is 0 Å². The second-order valence-corrected chi connectivity index (χ2v) is 5.34. The van der Waals surface area contributed by atoms with E-state index in [4.69, 9.17) is 26.8 Å². The highest BCUT2D eigenvalue weighted by molar-refractivity contribution is 6.31. The van der Waals surface area contributed by atoms with Gasteiger partial charge in [-0.2, -0.15) is 5.10 Å². The van der Waals surface area contributed by atoms with Crippen LogP contribution in [0.2, 0.25) is 5.02 Å². The minimum absolute atomic E-state index is 0.0536. The average molecular weight is 310 g/mol. The van der Waals surface area contributed by atoms with E-state index in [0.717, 1.165) is 17.0 Å². The third kappa shape index (κ3) is 3.31. The molecule has 0 fully saturated rings. The molecule has 0 aliphatic carbocycles. The van der Waals surface area contributed by atoms with Crippen LogP contribution in [0, 0.1) is 6.92 Å². The van der Waals surface area contributed by atoms with E-state index in [9.17, 15) is 0 Å². The highest BCUT2D eigenvalue weighted by Crippen LogP contribution is 2.31. The quantitative estimate of drug-likeness (QED) is 0.922. The molecule has 1 heterocycles. The summed E-state index contributed by atoms with van der Waals surface area (Å²) >= 11 is 6.21. The van der Waals surface area contributed by atoms with Gasteiger partial charge in [-0.05, 0) is 31.5 Å². The zero-order valence-electron chi connectivity index (χ0n) is 12.7. The van der Waals surface area contributed by atoms with Gasteiger partial charge >= 0.3 is 0 Å². The van der Waals surface area contributed by atoms with Gasteiger partial charge in [0.1, 0.15) is 6.61 Å². The molecule has 2 aromatic rings. The summed E-state index contributed by atoms with van der Waals surface area (Å²) in [6, 6.07) is 5.62. The molecule has 0 saturated heterocycles. The Morgan fingerprint density at radius 2 is 2.10 bits per heavy atom. The van der Waals surface area contributed by atoms with Gasteiger partial charge in [-0.1, -0.05) is 17.7 Å². The van der Waals surface area contributed by atoms with Crippen molar-refractivity contribution in [3.63, 3.8) is 0 Å². The molecule has 1 unspecified atom stereocenters. The molecule has 21 heavy (non-hydrogen) atoms. The molecule has 1 aromatic carbocycles. The molecule has 0 amide bonds. The monoisotopic (exact) mass is 309 g/mol. The highest BCUT2D eigenvalue weighted by atomic mass is 35.5. The van der Waals surface area contributed by atoms with Crippen LogP contribution in [0.25, 0.3) is 0 Å². The van der Waals surface area contributed by atoms with Crippen molar-refractivity contribution in [3.8, 4) is 11.5 Å². The van der Waals surface area contributed by atoms with Crippen molar-refractivity contribution in [2.24, 2.45) is 12.8 Å². The first-order valence-corrected chi connectivity index (χ1v) is 7.06. The van der Waals surface area contributed by atoms with E-state index >= 15 is 0 Å². The minimum atomic E-state index is -0.0536. The molecule has 0 aliphatic rings. The molecular weight excluding hydrogens is 290 g/mol. The van der Waals surface area contributed by atoms with Crippen LogP contribution < -0.4 is 15.2 Å². The Balaban J connectivity index is 2.20.